The van der Waals surface area contributed by atoms with Crippen molar-refractivity contribution in [3.8, 4) is 0 Å². The predicted molar refractivity (Wildman–Crippen MR) is 100 cm³/mol. The Bertz CT molecular complexity index is 597. The zero-order valence-corrected chi connectivity index (χ0v) is 15.8. The summed E-state index contributed by atoms with van der Waals surface area (Å²) in [5, 5.41) is 2.74. The molecule has 27 heavy (non-hydrogen) atoms. The lowest BCUT2D eigenvalue weighted by atomic mass is 9.88. The molecule has 148 valence electrons. The SMILES string of the molecule is O=C(NCc1ccccn1)OC1CCC(COC(=O)N2CCCCC2)CC1. The minimum Gasteiger partial charge on any atom is -0.449 e. The van der Waals surface area contributed by atoms with Crippen LogP contribution in [0.4, 0.5) is 9.59 Å². The zero-order chi connectivity index (χ0) is 18.9. The number of hydrogen-bond donors (Lipinski definition) is 1. The molecule has 2 heterocycles. The zero-order valence-electron chi connectivity index (χ0n) is 15.8. The highest BCUT2D eigenvalue weighted by Crippen LogP contribution is 2.27. The molecule has 2 fully saturated rings. The summed E-state index contributed by atoms with van der Waals surface area (Å²) in [5.41, 5.74) is 0.800. The summed E-state index contributed by atoms with van der Waals surface area (Å²) in [6.45, 7) is 2.45. The van der Waals surface area contributed by atoms with Crippen molar-refractivity contribution in [2.45, 2.75) is 57.6 Å². The van der Waals surface area contributed by atoms with Crippen molar-refractivity contribution >= 4 is 12.2 Å². The Labute approximate surface area is 160 Å². The number of likely N-dealkylation sites (tertiary alicyclic amines) is 1. The van der Waals surface area contributed by atoms with Crippen LogP contribution >= 0.6 is 0 Å². The molecule has 7 nitrogen and oxygen atoms in total. The Balaban J connectivity index is 1.29. The molecule has 1 saturated carbocycles. The second-order valence-electron chi connectivity index (χ2n) is 7.35. The van der Waals surface area contributed by atoms with E-state index in [1.54, 1.807) is 6.20 Å². The number of alkyl carbamates (subject to hydrolysis) is 1. The molecule has 3 rings (SSSR count). The highest BCUT2D eigenvalue weighted by atomic mass is 16.6. The van der Waals surface area contributed by atoms with Crippen molar-refractivity contribution in [3.63, 3.8) is 0 Å². The lowest BCUT2D eigenvalue weighted by Gasteiger charge is -2.30. The Morgan fingerprint density at radius 1 is 1.11 bits per heavy atom. The van der Waals surface area contributed by atoms with E-state index in [4.69, 9.17) is 9.47 Å². The van der Waals surface area contributed by atoms with Gasteiger partial charge >= 0.3 is 12.2 Å². The van der Waals surface area contributed by atoms with Crippen molar-refractivity contribution < 1.29 is 19.1 Å². The van der Waals surface area contributed by atoms with Gasteiger partial charge in [0.2, 0.25) is 0 Å². The van der Waals surface area contributed by atoms with Crippen LogP contribution in [0.5, 0.6) is 0 Å². The van der Waals surface area contributed by atoms with Crippen LogP contribution in [-0.4, -0.2) is 47.9 Å². The Kier molecular flexibility index (Phi) is 7.30. The average Bonchev–Trinajstić information content (AvgIpc) is 2.73. The van der Waals surface area contributed by atoms with Crippen molar-refractivity contribution in [2.75, 3.05) is 19.7 Å². The molecule has 2 amide bonds. The molecule has 2 aliphatic rings. The van der Waals surface area contributed by atoms with Gasteiger partial charge in [-0.3, -0.25) is 4.98 Å². The van der Waals surface area contributed by atoms with E-state index in [1.807, 2.05) is 23.1 Å². The molecule has 1 saturated heterocycles. The number of nitrogens with one attached hydrogen (secondary N) is 1. The van der Waals surface area contributed by atoms with Crippen LogP contribution in [0.15, 0.2) is 24.4 Å². The van der Waals surface area contributed by atoms with Gasteiger partial charge in [0, 0.05) is 19.3 Å². The topological polar surface area (TPSA) is 80.8 Å². The van der Waals surface area contributed by atoms with Crippen LogP contribution in [0.3, 0.4) is 0 Å². The van der Waals surface area contributed by atoms with Gasteiger partial charge in [0.25, 0.3) is 0 Å². The van der Waals surface area contributed by atoms with Gasteiger partial charge in [-0.2, -0.15) is 0 Å². The first-order valence-corrected chi connectivity index (χ1v) is 9.97. The van der Waals surface area contributed by atoms with E-state index in [1.165, 1.54) is 6.42 Å². The van der Waals surface area contributed by atoms with Crippen molar-refractivity contribution in [3.05, 3.63) is 30.1 Å². The van der Waals surface area contributed by atoms with Gasteiger partial charge in [-0.15, -0.1) is 0 Å². The number of piperidine rings is 1. The molecule has 7 heteroatoms. The highest BCUT2D eigenvalue weighted by molar-refractivity contribution is 5.68. The van der Waals surface area contributed by atoms with Crippen LogP contribution in [0.2, 0.25) is 0 Å². The predicted octanol–water partition coefficient (Wildman–Crippen LogP) is 3.49. The maximum Gasteiger partial charge on any atom is 0.409 e. The second-order valence-corrected chi connectivity index (χ2v) is 7.35. The Hall–Kier alpha value is -2.31. The number of pyridine rings is 1. The number of carbonyl (C=O) groups is 2. The molecule has 1 N–H and O–H groups in total. The second kappa shape index (κ2) is 10.1. The molecule has 1 aromatic heterocycles. The molecule has 1 aliphatic carbocycles. The standard InChI is InChI=1S/C20H29N3O4/c24-19(22-14-17-6-2-3-11-21-17)27-18-9-7-16(8-10-18)15-26-20(25)23-12-4-1-5-13-23/h2-3,6,11,16,18H,1,4-5,7-10,12-15H2,(H,22,24). The van der Waals surface area contributed by atoms with E-state index >= 15 is 0 Å². The molecule has 0 aromatic carbocycles. The Morgan fingerprint density at radius 2 is 1.89 bits per heavy atom. The van der Waals surface area contributed by atoms with E-state index in [0.717, 1.165) is 57.3 Å². The number of amides is 2. The fraction of sp³-hybridized carbons (Fsp3) is 0.650. The third-order valence-electron chi connectivity index (χ3n) is 5.26. The number of carbonyl (C=O) groups excluding carboxylic acids is 2. The largest absolute Gasteiger partial charge is 0.449 e. The van der Waals surface area contributed by atoms with Gasteiger partial charge in [-0.05, 0) is 63.0 Å². The smallest absolute Gasteiger partial charge is 0.409 e. The third-order valence-corrected chi connectivity index (χ3v) is 5.26. The maximum absolute atomic E-state index is 12.1. The fourth-order valence-corrected chi connectivity index (χ4v) is 3.63. The third kappa shape index (κ3) is 6.41. The summed E-state index contributed by atoms with van der Waals surface area (Å²) in [7, 11) is 0. The maximum atomic E-state index is 12.1. The van der Waals surface area contributed by atoms with E-state index in [9.17, 15) is 9.59 Å². The summed E-state index contributed by atoms with van der Waals surface area (Å²) in [6, 6.07) is 5.58. The lowest BCUT2D eigenvalue weighted by molar-refractivity contribution is 0.0412. The number of rotatable bonds is 5. The van der Waals surface area contributed by atoms with Crippen molar-refractivity contribution in [2.24, 2.45) is 5.92 Å². The average molecular weight is 375 g/mol. The summed E-state index contributed by atoms with van der Waals surface area (Å²) in [5.74, 6) is 0.357. The van der Waals surface area contributed by atoms with Crippen LogP contribution in [0.1, 0.15) is 50.6 Å². The van der Waals surface area contributed by atoms with Crippen LogP contribution < -0.4 is 5.32 Å². The molecule has 0 atom stereocenters. The summed E-state index contributed by atoms with van der Waals surface area (Å²) in [6.07, 6.45) is 7.82. The van der Waals surface area contributed by atoms with Crippen molar-refractivity contribution in [1.29, 1.82) is 0 Å². The van der Waals surface area contributed by atoms with Gasteiger partial charge in [0.1, 0.15) is 6.10 Å². The molecule has 0 radical (unpaired) electrons. The van der Waals surface area contributed by atoms with Gasteiger partial charge in [-0.1, -0.05) is 6.07 Å². The van der Waals surface area contributed by atoms with Gasteiger partial charge in [0.15, 0.2) is 0 Å². The molecule has 1 aromatic rings. The molecule has 0 spiro atoms. The normalized spacial score (nSPS) is 22.7. The number of nitrogens with zero attached hydrogens (tertiary/aromatic N) is 2. The van der Waals surface area contributed by atoms with Crippen LogP contribution in [0, 0.1) is 5.92 Å². The minimum atomic E-state index is -0.402. The summed E-state index contributed by atoms with van der Waals surface area (Å²) >= 11 is 0. The quantitative estimate of drug-likeness (QED) is 0.852. The van der Waals surface area contributed by atoms with E-state index in [2.05, 4.69) is 10.3 Å². The molecular formula is C20H29N3O4. The lowest BCUT2D eigenvalue weighted by Crippen LogP contribution is -2.37. The van der Waals surface area contributed by atoms with E-state index in [0.29, 0.717) is 19.1 Å². The number of aromatic nitrogens is 1. The molecule has 0 bridgehead atoms. The fourth-order valence-electron chi connectivity index (χ4n) is 3.63. The highest BCUT2D eigenvalue weighted by Gasteiger charge is 2.26. The molecule has 0 unspecified atom stereocenters. The molecular weight excluding hydrogens is 346 g/mol. The molecule has 1 aliphatic heterocycles. The van der Waals surface area contributed by atoms with E-state index in [-0.39, 0.29) is 12.2 Å². The van der Waals surface area contributed by atoms with Crippen molar-refractivity contribution in [1.82, 2.24) is 15.2 Å². The van der Waals surface area contributed by atoms with Crippen LogP contribution in [-0.2, 0) is 16.0 Å². The van der Waals surface area contributed by atoms with Gasteiger partial charge in [0.05, 0.1) is 18.8 Å². The Morgan fingerprint density at radius 3 is 2.59 bits per heavy atom. The van der Waals surface area contributed by atoms with Gasteiger partial charge < -0.3 is 19.7 Å². The summed E-state index contributed by atoms with van der Waals surface area (Å²) in [4.78, 5) is 30.0. The number of ether oxygens (including phenoxy) is 2. The number of hydrogen-bond acceptors (Lipinski definition) is 5. The van der Waals surface area contributed by atoms with E-state index < -0.39 is 6.09 Å². The van der Waals surface area contributed by atoms with Crippen LogP contribution in [0.25, 0.3) is 0 Å². The minimum absolute atomic E-state index is 0.0669. The first-order valence-electron chi connectivity index (χ1n) is 9.97. The monoisotopic (exact) mass is 375 g/mol. The summed E-state index contributed by atoms with van der Waals surface area (Å²) < 4.78 is 11.0. The first kappa shape index (κ1) is 19.5. The first-order chi connectivity index (χ1) is 13.2. The van der Waals surface area contributed by atoms with Gasteiger partial charge in [-0.25, -0.2) is 9.59 Å².